The molecule has 0 bridgehead atoms. The molecule has 1 aromatic carbocycles. The minimum Gasteiger partial charge on any atom is -0.465 e. The molecule has 0 saturated heterocycles. The number of rotatable bonds is 8. The summed E-state index contributed by atoms with van der Waals surface area (Å²) < 4.78 is 47.0. The lowest BCUT2D eigenvalue weighted by atomic mass is 10.2. The lowest BCUT2D eigenvalue weighted by Crippen LogP contribution is -2.20. The van der Waals surface area contributed by atoms with E-state index in [1.165, 1.54) is 31.5 Å². The summed E-state index contributed by atoms with van der Waals surface area (Å²) in [7, 11) is 1.25. The zero-order valence-corrected chi connectivity index (χ0v) is 21.4. The van der Waals surface area contributed by atoms with E-state index in [4.69, 9.17) is 16.3 Å². The van der Waals surface area contributed by atoms with E-state index in [0.717, 1.165) is 5.56 Å². The normalized spacial score (nSPS) is 10.1. The second kappa shape index (κ2) is 15.4. The van der Waals surface area contributed by atoms with Crippen molar-refractivity contribution >= 4 is 35.0 Å². The molecule has 0 amide bonds. The van der Waals surface area contributed by atoms with Crippen LogP contribution in [-0.4, -0.2) is 40.8 Å². The van der Waals surface area contributed by atoms with Gasteiger partial charge in [0, 0.05) is 23.8 Å². The molecule has 2 heterocycles. The molecule has 0 spiro atoms. The highest BCUT2D eigenvalue weighted by atomic mass is 35.5. The van der Waals surface area contributed by atoms with E-state index in [9.17, 15) is 18.0 Å². The van der Waals surface area contributed by atoms with Gasteiger partial charge in [0.05, 0.1) is 12.7 Å². The number of halogens is 4. The third-order valence-corrected chi connectivity index (χ3v) is 4.15. The summed E-state index contributed by atoms with van der Waals surface area (Å²) in [4.78, 5) is 23.5. The number of methoxy groups -OCH3 is 1. The average molecular weight is 528 g/mol. The van der Waals surface area contributed by atoms with Gasteiger partial charge in [-0.05, 0) is 29.8 Å². The molecule has 36 heavy (non-hydrogen) atoms. The number of hydrogen-bond donors (Lipinski definition) is 2. The molecule has 0 saturated carbocycles. The van der Waals surface area contributed by atoms with E-state index < -0.39 is 24.8 Å². The van der Waals surface area contributed by atoms with Crippen LogP contribution in [0.5, 0.6) is 6.01 Å². The Morgan fingerprint density at radius 2 is 1.61 bits per heavy atom. The molecule has 3 rings (SSSR count). The highest BCUT2D eigenvalue weighted by Crippen LogP contribution is 2.22. The Morgan fingerprint density at radius 1 is 0.972 bits per heavy atom. The molecular weight excluding hydrogens is 499 g/mol. The predicted octanol–water partition coefficient (Wildman–Crippen LogP) is 6.66. The van der Waals surface area contributed by atoms with Gasteiger partial charge < -0.3 is 20.1 Å². The second-order valence-electron chi connectivity index (χ2n) is 6.35. The molecule has 0 atom stereocenters. The number of pyridine rings is 1. The number of nitrogens with one attached hydrogen (secondary N) is 2. The fourth-order valence-electron chi connectivity index (χ4n) is 2.42. The summed E-state index contributed by atoms with van der Waals surface area (Å²) in [6.07, 6.45) is -3.26. The van der Waals surface area contributed by atoms with Crippen LogP contribution in [0.2, 0.25) is 5.02 Å². The molecule has 0 unspecified atom stereocenters. The summed E-state index contributed by atoms with van der Waals surface area (Å²) in [5, 5.41) is 6.42. The van der Waals surface area contributed by atoms with Crippen LogP contribution in [-0.2, 0) is 11.3 Å². The average Bonchev–Trinajstić information content (AvgIpc) is 2.89. The first-order chi connectivity index (χ1) is 17.2. The Bertz CT molecular complexity index is 1070. The molecule has 0 aliphatic heterocycles. The van der Waals surface area contributed by atoms with Gasteiger partial charge in [-0.3, -0.25) is 0 Å². The van der Waals surface area contributed by atoms with Crippen LogP contribution in [0.25, 0.3) is 0 Å². The maximum atomic E-state index is 12.6. The minimum absolute atomic E-state index is 0.133. The third kappa shape index (κ3) is 10.8. The van der Waals surface area contributed by atoms with Crippen molar-refractivity contribution < 1.29 is 27.4 Å². The molecule has 0 fully saturated rings. The van der Waals surface area contributed by atoms with Crippen molar-refractivity contribution in [3.8, 4) is 6.01 Å². The van der Waals surface area contributed by atoms with Gasteiger partial charge >= 0.3 is 18.2 Å². The van der Waals surface area contributed by atoms with E-state index in [0.29, 0.717) is 17.4 Å². The highest BCUT2D eigenvalue weighted by Gasteiger charge is 2.29. The SMILES string of the molecule is CC.CC.COC(=O)c1ccc(Nc2cc(NCc3ccc(Cl)cc3)nc(OCC(F)(F)F)n2)nc1. The van der Waals surface area contributed by atoms with E-state index >= 15 is 0 Å². The Labute approximate surface area is 213 Å². The summed E-state index contributed by atoms with van der Waals surface area (Å²) in [5.74, 6) is 0.0966. The lowest BCUT2D eigenvalue weighted by molar-refractivity contribution is -0.154. The van der Waals surface area contributed by atoms with E-state index in [1.807, 2.05) is 27.7 Å². The zero-order valence-electron chi connectivity index (χ0n) is 20.6. The van der Waals surface area contributed by atoms with Gasteiger partial charge in [0.25, 0.3) is 0 Å². The monoisotopic (exact) mass is 527 g/mol. The first kappa shape index (κ1) is 30.4. The van der Waals surface area contributed by atoms with Gasteiger partial charge in [-0.15, -0.1) is 0 Å². The minimum atomic E-state index is -4.55. The molecule has 8 nitrogen and oxygen atoms in total. The Hall–Kier alpha value is -3.60. The van der Waals surface area contributed by atoms with Gasteiger partial charge in [0.2, 0.25) is 0 Å². The van der Waals surface area contributed by atoms with Crippen molar-refractivity contribution in [2.24, 2.45) is 0 Å². The molecule has 2 aromatic heterocycles. The topological polar surface area (TPSA) is 98.3 Å². The van der Waals surface area contributed by atoms with Crippen LogP contribution in [0.3, 0.4) is 0 Å². The Kier molecular flexibility index (Phi) is 13.0. The third-order valence-electron chi connectivity index (χ3n) is 3.90. The molecular formula is C24H29ClF3N5O3. The molecule has 0 aliphatic carbocycles. The van der Waals surface area contributed by atoms with Crippen molar-refractivity contribution in [3.05, 3.63) is 64.8 Å². The number of aromatic nitrogens is 3. The van der Waals surface area contributed by atoms with Crippen molar-refractivity contribution in [1.82, 2.24) is 15.0 Å². The van der Waals surface area contributed by atoms with Crippen LogP contribution in [0.4, 0.5) is 30.6 Å². The quantitative estimate of drug-likeness (QED) is 0.314. The number of esters is 1. The lowest BCUT2D eigenvalue weighted by Gasteiger charge is -2.13. The number of anilines is 3. The first-order valence-corrected chi connectivity index (χ1v) is 11.5. The zero-order chi connectivity index (χ0) is 27.1. The summed E-state index contributed by atoms with van der Waals surface area (Å²) >= 11 is 5.87. The van der Waals surface area contributed by atoms with E-state index in [2.05, 4.69) is 30.3 Å². The van der Waals surface area contributed by atoms with E-state index in [1.54, 1.807) is 24.3 Å². The Balaban J connectivity index is 0.00000154. The number of alkyl halides is 3. The summed E-state index contributed by atoms with van der Waals surface area (Å²) in [6, 6.07) is 11.0. The van der Waals surface area contributed by atoms with Crippen molar-refractivity contribution in [2.75, 3.05) is 24.4 Å². The number of hydrogen-bond acceptors (Lipinski definition) is 8. The fraction of sp³-hybridized carbons (Fsp3) is 0.333. The van der Waals surface area contributed by atoms with Crippen LogP contribution in [0.15, 0.2) is 48.7 Å². The number of nitrogens with zero attached hydrogens (tertiary/aromatic N) is 3. The maximum absolute atomic E-state index is 12.6. The number of carbonyl (C=O) groups is 1. The fourth-order valence-corrected chi connectivity index (χ4v) is 2.55. The molecule has 2 N–H and O–H groups in total. The van der Waals surface area contributed by atoms with Gasteiger partial charge in [-0.25, -0.2) is 9.78 Å². The van der Waals surface area contributed by atoms with Gasteiger partial charge in [-0.1, -0.05) is 51.4 Å². The van der Waals surface area contributed by atoms with Gasteiger partial charge in [0.15, 0.2) is 6.61 Å². The molecule has 3 aromatic rings. The van der Waals surface area contributed by atoms with Crippen molar-refractivity contribution in [1.29, 1.82) is 0 Å². The molecule has 0 radical (unpaired) electrons. The van der Waals surface area contributed by atoms with Gasteiger partial charge in [0.1, 0.15) is 17.5 Å². The van der Waals surface area contributed by atoms with Crippen LogP contribution >= 0.6 is 11.6 Å². The highest BCUT2D eigenvalue weighted by molar-refractivity contribution is 6.30. The summed E-state index contributed by atoms with van der Waals surface area (Å²) in [5.41, 5.74) is 1.11. The molecule has 12 heteroatoms. The van der Waals surface area contributed by atoms with Crippen LogP contribution in [0.1, 0.15) is 43.6 Å². The second-order valence-corrected chi connectivity index (χ2v) is 6.79. The standard InChI is InChI=1S/C20H17ClF3N5O3.2C2H6/c1-31-18(30)13-4-7-15(26-10-13)27-17-8-16(25-9-12-2-5-14(21)6-3-12)28-19(29-17)32-11-20(22,23)24;2*1-2/h2-8,10H,9,11H2,1H3,(H2,25,26,27,28,29);2*1-2H3. The predicted molar refractivity (Wildman–Crippen MR) is 134 cm³/mol. The number of benzene rings is 1. The van der Waals surface area contributed by atoms with E-state index in [-0.39, 0.29) is 17.2 Å². The van der Waals surface area contributed by atoms with Crippen LogP contribution in [0, 0.1) is 0 Å². The number of carbonyl (C=O) groups excluding carboxylic acids is 1. The van der Waals surface area contributed by atoms with Crippen molar-refractivity contribution in [2.45, 2.75) is 40.4 Å². The van der Waals surface area contributed by atoms with Crippen molar-refractivity contribution in [3.63, 3.8) is 0 Å². The van der Waals surface area contributed by atoms with Gasteiger partial charge in [-0.2, -0.15) is 23.1 Å². The maximum Gasteiger partial charge on any atom is 0.422 e. The van der Waals surface area contributed by atoms with Crippen LogP contribution < -0.4 is 15.4 Å². The summed E-state index contributed by atoms with van der Waals surface area (Å²) in [6.45, 7) is 6.79. The number of ether oxygens (including phenoxy) is 2. The largest absolute Gasteiger partial charge is 0.465 e. The first-order valence-electron chi connectivity index (χ1n) is 11.1. The molecule has 0 aliphatic rings. The smallest absolute Gasteiger partial charge is 0.422 e. The molecule has 196 valence electrons. The Morgan fingerprint density at radius 3 is 2.17 bits per heavy atom.